The van der Waals surface area contributed by atoms with Gasteiger partial charge in [0.1, 0.15) is 17.3 Å². The molecule has 0 atom stereocenters. The molecule has 0 N–H and O–H groups in total. The molecule has 0 radical (unpaired) electrons. The van der Waals surface area contributed by atoms with Gasteiger partial charge in [0.05, 0.1) is 6.54 Å². The Hall–Kier alpha value is -2.10. The van der Waals surface area contributed by atoms with E-state index in [1.807, 2.05) is 24.0 Å². The fraction of sp³-hybridized carbons (Fsp3) is 0.353. The minimum absolute atomic E-state index is 0.0605. The Morgan fingerprint density at radius 2 is 2.05 bits per heavy atom. The number of nitrogens with zero attached hydrogens (tertiary/aromatic N) is 1. The number of aryl methyl sites for hydroxylation is 2. The number of furan rings is 1. The Labute approximate surface area is 123 Å². The smallest absolute Gasteiger partial charge is 0.254 e. The van der Waals surface area contributed by atoms with Crippen LogP contribution in [-0.4, -0.2) is 16.8 Å². The largest absolute Gasteiger partial charge is 0.464 e. The predicted molar refractivity (Wildman–Crippen MR) is 77.5 cm³/mol. The van der Waals surface area contributed by atoms with Crippen molar-refractivity contribution in [3.8, 4) is 0 Å². The SMILES string of the molecule is Cc1ccc(CN(C(=O)c2ccc(F)c(C)c2)C2CC2)o1. The Balaban J connectivity index is 1.83. The molecule has 1 aromatic heterocycles. The molecule has 1 saturated carbocycles. The van der Waals surface area contributed by atoms with Crippen LogP contribution in [0.25, 0.3) is 0 Å². The molecule has 1 fully saturated rings. The highest BCUT2D eigenvalue weighted by Gasteiger charge is 2.33. The monoisotopic (exact) mass is 287 g/mol. The summed E-state index contributed by atoms with van der Waals surface area (Å²) in [7, 11) is 0. The maximum atomic E-state index is 13.3. The summed E-state index contributed by atoms with van der Waals surface area (Å²) in [5.74, 6) is 1.28. The van der Waals surface area contributed by atoms with Gasteiger partial charge >= 0.3 is 0 Å². The van der Waals surface area contributed by atoms with Crippen LogP contribution in [0, 0.1) is 19.7 Å². The van der Waals surface area contributed by atoms with Gasteiger partial charge < -0.3 is 9.32 Å². The molecule has 0 spiro atoms. The van der Waals surface area contributed by atoms with E-state index in [0.29, 0.717) is 17.7 Å². The van der Waals surface area contributed by atoms with E-state index in [0.717, 1.165) is 24.4 Å². The highest BCUT2D eigenvalue weighted by atomic mass is 19.1. The topological polar surface area (TPSA) is 33.5 Å². The first-order valence-electron chi connectivity index (χ1n) is 7.17. The molecule has 3 rings (SSSR count). The van der Waals surface area contributed by atoms with E-state index in [9.17, 15) is 9.18 Å². The van der Waals surface area contributed by atoms with Crippen molar-refractivity contribution in [2.45, 2.75) is 39.3 Å². The van der Waals surface area contributed by atoms with Crippen molar-refractivity contribution in [3.63, 3.8) is 0 Å². The van der Waals surface area contributed by atoms with Gasteiger partial charge in [0.25, 0.3) is 5.91 Å². The summed E-state index contributed by atoms with van der Waals surface area (Å²) in [5.41, 5.74) is 1.02. The van der Waals surface area contributed by atoms with E-state index in [1.54, 1.807) is 19.1 Å². The predicted octanol–water partition coefficient (Wildman–Crippen LogP) is 3.84. The van der Waals surface area contributed by atoms with Crippen LogP contribution in [0.3, 0.4) is 0 Å². The molecule has 2 aromatic rings. The van der Waals surface area contributed by atoms with Crippen molar-refractivity contribution in [2.24, 2.45) is 0 Å². The first kappa shape index (κ1) is 13.9. The highest BCUT2D eigenvalue weighted by molar-refractivity contribution is 5.94. The molecule has 3 nitrogen and oxygen atoms in total. The van der Waals surface area contributed by atoms with Crippen LogP contribution in [0.1, 0.15) is 40.3 Å². The van der Waals surface area contributed by atoms with Crippen LogP contribution >= 0.6 is 0 Å². The van der Waals surface area contributed by atoms with Gasteiger partial charge in [-0.3, -0.25) is 4.79 Å². The van der Waals surface area contributed by atoms with Crippen LogP contribution in [0.15, 0.2) is 34.7 Å². The molecule has 110 valence electrons. The summed E-state index contributed by atoms with van der Waals surface area (Å²) in [6, 6.07) is 8.58. The molecule has 1 aliphatic carbocycles. The quantitative estimate of drug-likeness (QED) is 0.856. The Kier molecular flexibility index (Phi) is 3.53. The van der Waals surface area contributed by atoms with Gasteiger partial charge in [-0.25, -0.2) is 4.39 Å². The zero-order chi connectivity index (χ0) is 15.0. The zero-order valence-corrected chi connectivity index (χ0v) is 12.2. The molecule has 0 bridgehead atoms. The maximum absolute atomic E-state index is 13.3. The number of halogens is 1. The van der Waals surface area contributed by atoms with Gasteiger partial charge in [-0.1, -0.05) is 0 Å². The third kappa shape index (κ3) is 2.99. The van der Waals surface area contributed by atoms with Crippen LogP contribution in [0.5, 0.6) is 0 Å². The van der Waals surface area contributed by atoms with Gasteiger partial charge in [0.15, 0.2) is 0 Å². The van der Waals surface area contributed by atoms with E-state index in [1.165, 1.54) is 6.07 Å². The van der Waals surface area contributed by atoms with Crippen molar-refractivity contribution in [1.29, 1.82) is 0 Å². The summed E-state index contributed by atoms with van der Waals surface area (Å²) in [4.78, 5) is 14.5. The van der Waals surface area contributed by atoms with Crippen LogP contribution in [0.4, 0.5) is 4.39 Å². The van der Waals surface area contributed by atoms with Gasteiger partial charge in [-0.05, 0) is 62.6 Å². The lowest BCUT2D eigenvalue weighted by atomic mass is 10.1. The second-order valence-corrected chi connectivity index (χ2v) is 5.64. The van der Waals surface area contributed by atoms with Gasteiger partial charge in [0.2, 0.25) is 0 Å². The van der Waals surface area contributed by atoms with Crippen molar-refractivity contribution in [3.05, 3.63) is 58.8 Å². The molecule has 4 heteroatoms. The average molecular weight is 287 g/mol. The van der Waals surface area contributed by atoms with Gasteiger partial charge in [-0.15, -0.1) is 0 Å². The van der Waals surface area contributed by atoms with E-state index >= 15 is 0 Å². The van der Waals surface area contributed by atoms with E-state index in [4.69, 9.17) is 4.42 Å². The number of amides is 1. The van der Waals surface area contributed by atoms with Crippen LogP contribution < -0.4 is 0 Å². The summed E-state index contributed by atoms with van der Waals surface area (Å²) in [5, 5.41) is 0. The summed E-state index contributed by atoms with van der Waals surface area (Å²) in [6.45, 7) is 4.02. The lowest BCUT2D eigenvalue weighted by Gasteiger charge is -2.21. The Morgan fingerprint density at radius 3 is 2.62 bits per heavy atom. The average Bonchev–Trinajstić information content (AvgIpc) is 3.21. The molecule has 0 unspecified atom stereocenters. The van der Waals surface area contributed by atoms with E-state index < -0.39 is 0 Å². The van der Waals surface area contributed by atoms with E-state index in [2.05, 4.69) is 0 Å². The molecule has 0 saturated heterocycles. The second-order valence-electron chi connectivity index (χ2n) is 5.64. The number of carbonyl (C=O) groups excluding carboxylic acids is 1. The molecule has 1 amide bonds. The molecule has 1 heterocycles. The number of rotatable bonds is 4. The zero-order valence-electron chi connectivity index (χ0n) is 12.2. The number of hydrogen-bond donors (Lipinski definition) is 0. The number of benzene rings is 1. The molecule has 1 aromatic carbocycles. The van der Waals surface area contributed by atoms with Crippen molar-refractivity contribution in [1.82, 2.24) is 4.90 Å². The lowest BCUT2D eigenvalue weighted by Crippen LogP contribution is -2.32. The number of carbonyl (C=O) groups is 1. The van der Waals surface area contributed by atoms with Crippen molar-refractivity contribution < 1.29 is 13.6 Å². The highest BCUT2D eigenvalue weighted by Crippen LogP contribution is 2.30. The molecule has 21 heavy (non-hydrogen) atoms. The molecular weight excluding hydrogens is 269 g/mol. The standard InChI is InChI=1S/C17H18FNO2/c1-11-9-13(4-8-16(11)18)17(20)19(14-5-6-14)10-15-7-3-12(2)21-15/h3-4,7-9,14H,5-6,10H2,1-2H3. The normalized spacial score (nSPS) is 14.2. The molecular formula is C17H18FNO2. The van der Waals surface area contributed by atoms with Crippen LogP contribution in [-0.2, 0) is 6.54 Å². The Bertz CT molecular complexity index is 673. The first-order chi connectivity index (χ1) is 10.0. The minimum Gasteiger partial charge on any atom is -0.464 e. The maximum Gasteiger partial charge on any atom is 0.254 e. The minimum atomic E-state index is -0.286. The van der Waals surface area contributed by atoms with Crippen LogP contribution in [0.2, 0.25) is 0 Å². The van der Waals surface area contributed by atoms with Gasteiger partial charge in [-0.2, -0.15) is 0 Å². The number of hydrogen-bond acceptors (Lipinski definition) is 2. The lowest BCUT2D eigenvalue weighted by molar-refractivity contribution is 0.0717. The fourth-order valence-electron chi connectivity index (χ4n) is 2.43. The second kappa shape index (κ2) is 5.35. The first-order valence-corrected chi connectivity index (χ1v) is 7.17. The third-order valence-corrected chi connectivity index (χ3v) is 3.78. The Morgan fingerprint density at radius 1 is 1.29 bits per heavy atom. The summed E-state index contributed by atoms with van der Waals surface area (Å²) < 4.78 is 18.9. The molecule has 0 aliphatic heterocycles. The summed E-state index contributed by atoms with van der Waals surface area (Å²) in [6.07, 6.45) is 2.04. The molecule has 1 aliphatic rings. The van der Waals surface area contributed by atoms with Gasteiger partial charge in [0, 0.05) is 11.6 Å². The van der Waals surface area contributed by atoms with E-state index in [-0.39, 0.29) is 17.8 Å². The van der Waals surface area contributed by atoms with Crippen molar-refractivity contribution >= 4 is 5.91 Å². The fourth-order valence-corrected chi connectivity index (χ4v) is 2.43. The third-order valence-electron chi connectivity index (χ3n) is 3.78. The summed E-state index contributed by atoms with van der Waals surface area (Å²) >= 11 is 0. The van der Waals surface area contributed by atoms with Crippen molar-refractivity contribution in [2.75, 3.05) is 0 Å².